The SMILES string of the molecule is CCCCC1=CCC(OC(F)(F)c2ccc(-c3ccc(-c4ccc(OCC)c(F)c4F)c(F)c3F)c(F)c2F)CC1. The Morgan fingerprint density at radius 2 is 1.27 bits per heavy atom. The third kappa shape index (κ3) is 6.27. The van der Waals surface area contributed by atoms with Crippen LogP contribution in [0.4, 0.5) is 35.1 Å². The zero-order valence-corrected chi connectivity index (χ0v) is 22.4. The summed E-state index contributed by atoms with van der Waals surface area (Å²) in [4.78, 5) is 0. The minimum Gasteiger partial charge on any atom is -0.491 e. The van der Waals surface area contributed by atoms with Gasteiger partial charge in [0.05, 0.1) is 18.3 Å². The number of hydrogen-bond acceptors (Lipinski definition) is 2. The number of hydrogen-bond donors (Lipinski definition) is 0. The minimum absolute atomic E-state index is 0.0320. The van der Waals surface area contributed by atoms with Crippen molar-refractivity contribution in [2.75, 3.05) is 6.61 Å². The van der Waals surface area contributed by atoms with Gasteiger partial charge in [-0.15, -0.1) is 0 Å². The Bertz CT molecular complexity index is 1450. The molecule has 220 valence electrons. The molecule has 3 aromatic rings. The van der Waals surface area contributed by atoms with Crippen molar-refractivity contribution < 1.29 is 44.6 Å². The molecule has 41 heavy (non-hydrogen) atoms. The van der Waals surface area contributed by atoms with Crippen LogP contribution in [-0.4, -0.2) is 12.7 Å². The molecule has 0 amide bonds. The summed E-state index contributed by atoms with van der Waals surface area (Å²) in [5.74, 6) is -10.6. The van der Waals surface area contributed by atoms with Crippen molar-refractivity contribution in [1.82, 2.24) is 0 Å². The molecule has 3 aromatic carbocycles. The molecule has 4 rings (SSSR count). The van der Waals surface area contributed by atoms with E-state index in [1.807, 2.05) is 13.0 Å². The van der Waals surface area contributed by atoms with E-state index in [0.717, 1.165) is 49.1 Å². The molecule has 0 N–H and O–H groups in total. The van der Waals surface area contributed by atoms with Gasteiger partial charge in [0.2, 0.25) is 5.82 Å². The highest BCUT2D eigenvalue weighted by molar-refractivity contribution is 5.73. The van der Waals surface area contributed by atoms with E-state index >= 15 is 8.78 Å². The highest BCUT2D eigenvalue weighted by Crippen LogP contribution is 2.40. The summed E-state index contributed by atoms with van der Waals surface area (Å²) in [7, 11) is 0. The van der Waals surface area contributed by atoms with Crippen LogP contribution in [0.25, 0.3) is 22.3 Å². The Hall–Kier alpha value is -3.40. The number of halogens is 8. The largest absolute Gasteiger partial charge is 0.491 e. The first-order valence-electron chi connectivity index (χ1n) is 13.3. The van der Waals surface area contributed by atoms with Crippen LogP contribution in [0.1, 0.15) is 57.9 Å². The second-order valence-electron chi connectivity index (χ2n) is 9.75. The zero-order chi connectivity index (χ0) is 29.9. The topological polar surface area (TPSA) is 18.5 Å². The van der Waals surface area contributed by atoms with Gasteiger partial charge in [0.1, 0.15) is 0 Å². The van der Waals surface area contributed by atoms with Crippen molar-refractivity contribution in [3.05, 3.63) is 88.5 Å². The Balaban J connectivity index is 1.61. The van der Waals surface area contributed by atoms with Crippen LogP contribution in [0.5, 0.6) is 5.75 Å². The van der Waals surface area contributed by atoms with Crippen molar-refractivity contribution in [3.8, 4) is 28.0 Å². The van der Waals surface area contributed by atoms with Gasteiger partial charge in [-0.05, 0) is 57.2 Å². The van der Waals surface area contributed by atoms with E-state index in [1.165, 1.54) is 0 Å². The fraction of sp³-hybridized carbons (Fsp3) is 0.355. The predicted molar refractivity (Wildman–Crippen MR) is 138 cm³/mol. The van der Waals surface area contributed by atoms with Crippen LogP contribution in [0.15, 0.2) is 48.0 Å². The van der Waals surface area contributed by atoms with E-state index in [-0.39, 0.29) is 13.0 Å². The molecule has 1 aliphatic rings. The normalized spacial score (nSPS) is 15.7. The number of rotatable bonds is 10. The van der Waals surface area contributed by atoms with Crippen LogP contribution in [0, 0.1) is 34.9 Å². The van der Waals surface area contributed by atoms with Crippen molar-refractivity contribution in [2.45, 2.75) is 64.6 Å². The molecular formula is C31H28F8O2. The van der Waals surface area contributed by atoms with E-state index in [2.05, 4.69) is 0 Å². The van der Waals surface area contributed by atoms with E-state index in [0.29, 0.717) is 25.0 Å². The van der Waals surface area contributed by atoms with Crippen molar-refractivity contribution in [3.63, 3.8) is 0 Å². The number of alkyl halides is 2. The third-order valence-electron chi connectivity index (χ3n) is 7.03. The fourth-order valence-electron chi connectivity index (χ4n) is 4.83. The zero-order valence-electron chi connectivity index (χ0n) is 22.4. The summed E-state index contributed by atoms with van der Waals surface area (Å²) in [6, 6.07) is 4.91. The molecule has 0 radical (unpaired) electrons. The van der Waals surface area contributed by atoms with E-state index < -0.39 is 80.7 Å². The van der Waals surface area contributed by atoms with Crippen LogP contribution < -0.4 is 4.74 Å². The third-order valence-corrected chi connectivity index (χ3v) is 7.03. The second-order valence-corrected chi connectivity index (χ2v) is 9.75. The molecule has 0 spiro atoms. The molecular weight excluding hydrogens is 556 g/mol. The van der Waals surface area contributed by atoms with Crippen molar-refractivity contribution in [2.24, 2.45) is 0 Å². The highest BCUT2D eigenvalue weighted by Gasteiger charge is 2.40. The average molecular weight is 585 g/mol. The molecule has 0 saturated heterocycles. The van der Waals surface area contributed by atoms with Crippen LogP contribution >= 0.6 is 0 Å². The van der Waals surface area contributed by atoms with Crippen molar-refractivity contribution in [1.29, 1.82) is 0 Å². The molecule has 10 heteroatoms. The quantitative estimate of drug-likeness (QED) is 0.174. The first-order chi connectivity index (χ1) is 19.5. The standard InChI is InChI=1S/C31H28F8O2/c1-3-5-6-17-7-9-18(10-8-17)41-31(38,39)23-15-13-21(27(34)29(23)36)19-11-12-20(26(33)25(19)32)22-14-16-24(40-4-2)30(37)28(22)35/h7,11-16,18H,3-6,8-10H2,1-2H3. The summed E-state index contributed by atoms with van der Waals surface area (Å²) < 4.78 is 128. The maximum Gasteiger partial charge on any atom is 0.386 e. The maximum atomic E-state index is 15.0. The monoisotopic (exact) mass is 584 g/mol. The molecule has 1 aliphatic carbocycles. The van der Waals surface area contributed by atoms with E-state index in [1.54, 1.807) is 6.92 Å². The number of benzene rings is 3. The van der Waals surface area contributed by atoms with Gasteiger partial charge in [-0.2, -0.15) is 13.2 Å². The summed E-state index contributed by atoms with van der Waals surface area (Å²) in [6.07, 6.45) is 0.627. The molecule has 1 unspecified atom stereocenters. The number of allylic oxidation sites excluding steroid dienone is 1. The van der Waals surface area contributed by atoms with Crippen molar-refractivity contribution >= 4 is 0 Å². The lowest BCUT2D eigenvalue weighted by molar-refractivity contribution is -0.275. The number of ether oxygens (including phenoxy) is 2. The lowest BCUT2D eigenvalue weighted by Gasteiger charge is -2.27. The Morgan fingerprint density at radius 3 is 1.80 bits per heavy atom. The molecule has 0 aliphatic heterocycles. The lowest BCUT2D eigenvalue weighted by Crippen LogP contribution is -2.28. The van der Waals surface area contributed by atoms with Gasteiger partial charge in [0.25, 0.3) is 0 Å². The predicted octanol–water partition coefficient (Wildman–Crippen LogP) is 9.99. The first kappa shape index (κ1) is 30.6. The van der Waals surface area contributed by atoms with Gasteiger partial charge in [-0.25, -0.2) is 22.0 Å². The van der Waals surface area contributed by atoms with Gasteiger partial charge in [-0.3, -0.25) is 0 Å². The molecule has 0 bridgehead atoms. The summed E-state index contributed by atoms with van der Waals surface area (Å²) in [5.41, 5.74) is -3.21. The first-order valence-corrected chi connectivity index (χ1v) is 13.3. The summed E-state index contributed by atoms with van der Waals surface area (Å²) in [5, 5.41) is 0. The van der Waals surface area contributed by atoms with Crippen LogP contribution in [-0.2, 0) is 10.8 Å². The smallest absolute Gasteiger partial charge is 0.386 e. The van der Waals surface area contributed by atoms with Gasteiger partial charge in [0, 0.05) is 22.3 Å². The molecule has 2 nitrogen and oxygen atoms in total. The van der Waals surface area contributed by atoms with Gasteiger partial charge in [-0.1, -0.05) is 43.2 Å². The summed E-state index contributed by atoms with van der Waals surface area (Å²) in [6.45, 7) is 3.62. The Kier molecular flexibility index (Phi) is 9.41. The van der Waals surface area contributed by atoms with Gasteiger partial charge in [0.15, 0.2) is 34.8 Å². The molecule has 0 heterocycles. The molecule has 0 fully saturated rings. The maximum absolute atomic E-state index is 15.0. The second kappa shape index (κ2) is 12.6. The Morgan fingerprint density at radius 1 is 0.732 bits per heavy atom. The molecule has 1 atom stereocenters. The van der Waals surface area contributed by atoms with Crippen LogP contribution in [0.3, 0.4) is 0 Å². The average Bonchev–Trinajstić information content (AvgIpc) is 2.94. The fourth-order valence-corrected chi connectivity index (χ4v) is 4.83. The molecule has 0 aromatic heterocycles. The minimum atomic E-state index is -4.19. The lowest BCUT2D eigenvalue weighted by atomic mass is 9.93. The molecule has 0 saturated carbocycles. The van der Waals surface area contributed by atoms with Crippen LogP contribution in [0.2, 0.25) is 0 Å². The summed E-state index contributed by atoms with van der Waals surface area (Å²) >= 11 is 0. The van der Waals surface area contributed by atoms with E-state index in [9.17, 15) is 26.3 Å². The van der Waals surface area contributed by atoms with Gasteiger partial charge >= 0.3 is 6.11 Å². The Labute approximate surface area is 232 Å². The van der Waals surface area contributed by atoms with E-state index in [4.69, 9.17) is 9.47 Å². The van der Waals surface area contributed by atoms with Gasteiger partial charge < -0.3 is 9.47 Å². The number of unbranched alkanes of at least 4 members (excludes halogenated alkanes) is 1. The highest BCUT2D eigenvalue weighted by atomic mass is 19.3.